The van der Waals surface area contributed by atoms with Crippen molar-refractivity contribution in [1.82, 2.24) is 5.32 Å². The Morgan fingerprint density at radius 3 is 2.67 bits per heavy atom. The van der Waals surface area contributed by atoms with Crippen molar-refractivity contribution in [2.75, 3.05) is 13.1 Å². The number of nitrogens with one attached hydrogen (secondary N) is 1. The fraction of sp³-hybridized carbons (Fsp3) is 0.800. The first-order valence-corrected chi connectivity index (χ1v) is 5.41. The smallest absolute Gasteiger partial charge is 0.223 e. The molecule has 5 N–H and O–H groups in total. The van der Waals surface area contributed by atoms with Crippen LogP contribution < -0.4 is 16.8 Å². The van der Waals surface area contributed by atoms with Crippen LogP contribution in [0.2, 0.25) is 0 Å². The van der Waals surface area contributed by atoms with Crippen LogP contribution in [0.15, 0.2) is 0 Å². The Hall–Kier alpha value is -1.10. The third kappa shape index (κ3) is 3.51. The first-order chi connectivity index (χ1) is 7.15. The lowest BCUT2D eigenvalue weighted by atomic mass is 9.95. The van der Waals surface area contributed by atoms with Crippen LogP contribution in [0.4, 0.5) is 0 Å². The zero-order valence-electron chi connectivity index (χ0n) is 8.87. The van der Waals surface area contributed by atoms with Gasteiger partial charge in [-0.2, -0.15) is 0 Å². The first kappa shape index (κ1) is 12.0. The molecular formula is C10H19N3O2. The second-order valence-electron chi connectivity index (χ2n) is 4.04. The molecular weight excluding hydrogens is 194 g/mol. The summed E-state index contributed by atoms with van der Waals surface area (Å²) in [6, 6.07) is 0. The minimum absolute atomic E-state index is 0.0178. The van der Waals surface area contributed by atoms with Crippen LogP contribution in [-0.4, -0.2) is 24.9 Å². The van der Waals surface area contributed by atoms with Gasteiger partial charge < -0.3 is 16.8 Å². The van der Waals surface area contributed by atoms with Crippen molar-refractivity contribution >= 4 is 11.8 Å². The summed E-state index contributed by atoms with van der Waals surface area (Å²) in [7, 11) is 0. The van der Waals surface area contributed by atoms with Gasteiger partial charge in [-0.3, -0.25) is 9.59 Å². The summed E-state index contributed by atoms with van der Waals surface area (Å²) in [5, 5.41) is 2.72. The van der Waals surface area contributed by atoms with E-state index in [4.69, 9.17) is 11.5 Å². The Morgan fingerprint density at radius 1 is 1.33 bits per heavy atom. The Kier molecular flexibility index (Phi) is 4.55. The predicted octanol–water partition coefficient (Wildman–Crippen LogP) is -0.647. The fourth-order valence-electron chi connectivity index (χ4n) is 2.10. The molecule has 15 heavy (non-hydrogen) atoms. The average Bonchev–Trinajstić information content (AvgIpc) is 2.64. The molecule has 1 aliphatic carbocycles. The fourth-order valence-corrected chi connectivity index (χ4v) is 2.10. The number of carbonyl (C=O) groups is 2. The molecule has 1 aliphatic rings. The van der Waals surface area contributed by atoms with Crippen LogP contribution in [0, 0.1) is 11.8 Å². The molecule has 0 aromatic rings. The monoisotopic (exact) mass is 213 g/mol. The molecule has 2 amide bonds. The molecule has 1 rings (SSSR count). The van der Waals surface area contributed by atoms with Gasteiger partial charge in [0.25, 0.3) is 0 Å². The van der Waals surface area contributed by atoms with Crippen LogP contribution >= 0.6 is 0 Å². The summed E-state index contributed by atoms with van der Waals surface area (Å²) < 4.78 is 0. The third-order valence-corrected chi connectivity index (χ3v) is 2.97. The highest BCUT2D eigenvalue weighted by molar-refractivity contribution is 5.80. The number of amides is 2. The summed E-state index contributed by atoms with van der Waals surface area (Å²) in [5.74, 6) is -0.0391. The lowest BCUT2D eigenvalue weighted by molar-refractivity contribution is -0.126. The van der Waals surface area contributed by atoms with Gasteiger partial charge in [0.15, 0.2) is 0 Å². The van der Waals surface area contributed by atoms with E-state index in [1.807, 2.05) is 0 Å². The van der Waals surface area contributed by atoms with E-state index in [9.17, 15) is 9.59 Å². The Bertz CT molecular complexity index is 243. The minimum atomic E-state index is -0.392. The lowest BCUT2D eigenvalue weighted by Gasteiger charge is -2.16. The number of carbonyl (C=O) groups excluding carboxylic acids is 2. The number of primary amides is 1. The predicted molar refractivity (Wildman–Crippen MR) is 56.7 cm³/mol. The van der Waals surface area contributed by atoms with Crippen LogP contribution in [0.3, 0.4) is 0 Å². The van der Waals surface area contributed by atoms with Crippen molar-refractivity contribution in [3.05, 3.63) is 0 Å². The maximum atomic E-state index is 11.7. The third-order valence-electron chi connectivity index (χ3n) is 2.97. The van der Waals surface area contributed by atoms with Crippen molar-refractivity contribution in [3.63, 3.8) is 0 Å². The van der Waals surface area contributed by atoms with Gasteiger partial charge in [0, 0.05) is 18.9 Å². The van der Waals surface area contributed by atoms with Gasteiger partial charge in [-0.1, -0.05) is 6.42 Å². The summed E-state index contributed by atoms with van der Waals surface area (Å²) >= 11 is 0. The largest absolute Gasteiger partial charge is 0.370 e. The highest BCUT2D eigenvalue weighted by Crippen LogP contribution is 2.30. The Morgan fingerprint density at radius 2 is 2.07 bits per heavy atom. The summed E-state index contributed by atoms with van der Waals surface area (Å²) in [5.41, 5.74) is 10.6. The second kappa shape index (κ2) is 5.70. The first-order valence-electron chi connectivity index (χ1n) is 5.41. The van der Waals surface area contributed by atoms with Crippen molar-refractivity contribution < 1.29 is 9.59 Å². The molecule has 0 aliphatic heterocycles. The molecule has 0 saturated heterocycles. The molecule has 1 saturated carbocycles. The maximum absolute atomic E-state index is 11.7. The van der Waals surface area contributed by atoms with Crippen LogP contribution in [-0.2, 0) is 9.59 Å². The van der Waals surface area contributed by atoms with Crippen molar-refractivity contribution in [2.45, 2.75) is 25.7 Å². The number of hydrogen-bond donors (Lipinski definition) is 3. The quantitative estimate of drug-likeness (QED) is 0.566. The molecule has 0 spiro atoms. The highest BCUT2D eigenvalue weighted by Gasteiger charge is 2.31. The van der Waals surface area contributed by atoms with Gasteiger partial charge in [-0.15, -0.1) is 0 Å². The van der Waals surface area contributed by atoms with Crippen LogP contribution in [0.1, 0.15) is 25.7 Å². The SMILES string of the molecule is NC[C@H]1CCC[C@H]1C(=O)NCCC(N)=O. The number of nitrogens with two attached hydrogens (primary N) is 2. The Labute approximate surface area is 89.6 Å². The van der Waals surface area contributed by atoms with E-state index in [0.717, 1.165) is 19.3 Å². The summed E-state index contributed by atoms with van der Waals surface area (Å²) in [4.78, 5) is 22.2. The standard InChI is InChI=1S/C10H19N3O2/c11-6-7-2-1-3-8(7)10(15)13-5-4-9(12)14/h7-8H,1-6,11H2,(H2,12,14)(H,13,15)/t7-,8-/m1/s1. The maximum Gasteiger partial charge on any atom is 0.223 e. The van der Waals surface area contributed by atoms with E-state index < -0.39 is 5.91 Å². The zero-order valence-corrected chi connectivity index (χ0v) is 8.87. The van der Waals surface area contributed by atoms with Crippen LogP contribution in [0.25, 0.3) is 0 Å². The molecule has 0 unspecified atom stereocenters. The highest BCUT2D eigenvalue weighted by atomic mass is 16.2. The summed E-state index contributed by atoms with van der Waals surface area (Å²) in [6.45, 7) is 0.899. The van der Waals surface area contributed by atoms with Crippen molar-refractivity contribution in [3.8, 4) is 0 Å². The van der Waals surface area contributed by atoms with E-state index in [0.29, 0.717) is 19.0 Å². The van der Waals surface area contributed by atoms with Gasteiger partial charge in [0.1, 0.15) is 0 Å². The van der Waals surface area contributed by atoms with E-state index in [1.165, 1.54) is 0 Å². The van der Waals surface area contributed by atoms with E-state index in [2.05, 4.69) is 5.32 Å². The molecule has 0 aromatic heterocycles. The molecule has 0 aromatic carbocycles. The molecule has 0 radical (unpaired) electrons. The summed E-state index contributed by atoms with van der Waals surface area (Å²) in [6.07, 6.45) is 3.20. The molecule has 5 nitrogen and oxygen atoms in total. The molecule has 5 heteroatoms. The number of hydrogen-bond acceptors (Lipinski definition) is 3. The van der Waals surface area contributed by atoms with Gasteiger partial charge >= 0.3 is 0 Å². The normalized spacial score (nSPS) is 25.1. The van der Waals surface area contributed by atoms with Crippen molar-refractivity contribution in [2.24, 2.45) is 23.3 Å². The topological polar surface area (TPSA) is 98.2 Å². The van der Waals surface area contributed by atoms with Crippen molar-refractivity contribution in [1.29, 1.82) is 0 Å². The lowest BCUT2D eigenvalue weighted by Crippen LogP contribution is -2.36. The molecule has 0 heterocycles. The minimum Gasteiger partial charge on any atom is -0.370 e. The van der Waals surface area contributed by atoms with E-state index >= 15 is 0 Å². The van der Waals surface area contributed by atoms with Gasteiger partial charge in [0.2, 0.25) is 11.8 Å². The van der Waals surface area contributed by atoms with E-state index in [-0.39, 0.29) is 18.2 Å². The Balaban J connectivity index is 2.29. The van der Waals surface area contributed by atoms with Gasteiger partial charge in [-0.25, -0.2) is 0 Å². The number of rotatable bonds is 5. The average molecular weight is 213 g/mol. The zero-order chi connectivity index (χ0) is 11.3. The molecule has 86 valence electrons. The van der Waals surface area contributed by atoms with E-state index in [1.54, 1.807) is 0 Å². The van der Waals surface area contributed by atoms with Gasteiger partial charge in [-0.05, 0) is 25.3 Å². The molecule has 2 atom stereocenters. The van der Waals surface area contributed by atoms with Crippen LogP contribution in [0.5, 0.6) is 0 Å². The second-order valence-corrected chi connectivity index (χ2v) is 4.04. The molecule has 0 bridgehead atoms. The molecule has 1 fully saturated rings. The van der Waals surface area contributed by atoms with Gasteiger partial charge in [0.05, 0.1) is 0 Å².